The number of hydrogen-bond acceptors (Lipinski definition) is 3. The minimum atomic E-state index is -0.599. The minimum absolute atomic E-state index is 0.204. The Hall–Kier alpha value is -1.37. The number of para-hydroxylation sites is 1. The lowest BCUT2D eigenvalue weighted by atomic mass is 10.2. The van der Waals surface area contributed by atoms with Gasteiger partial charge >= 0.3 is 5.97 Å². The Morgan fingerprint density at radius 3 is 2.35 bits per heavy atom. The number of ether oxygens (including phenoxy) is 1. The van der Waals surface area contributed by atoms with Crippen molar-refractivity contribution in [2.45, 2.75) is 33.3 Å². The number of carbonyl (C=O) groups excluding carboxylic acids is 2. The number of halogens is 1. The van der Waals surface area contributed by atoms with Crippen molar-refractivity contribution in [3.05, 3.63) is 33.5 Å². The molecule has 0 bridgehead atoms. The van der Waals surface area contributed by atoms with Crippen LogP contribution in [0.2, 0.25) is 0 Å². The lowest BCUT2D eigenvalue weighted by molar-refractivity contribution is 0.00564. The molecule has 0 unspecified atom stereocenters. The first-order chi connectivity index (χ1) is 9.22. The van der Waals surface area contributed by atoms with Crippen molar-refractivity contribution in [3.63, 3.8) is 0 Å². The number of aromatic nitrogens is 1. The van der Waals surface area contributed by atoms with Gasteiger partial charge in [-0.05, 0) is 49.4 Å². The highest BCUT2D eigenvalue weighted by Gasteiger charge is 2.27. The number of nitrogens with zero attached hydrogens (tertiary/aromatic N) is 1. The van der Waals surface area contributed by atoms with E-state index >= 15 is 0 Å². The molecular formula is C15H16INO3. The van der Waals surface area contributed by atoms with Crippen LogP contribution in [0.4, 0.5) is 0 Å². The van der Waals surface area contributed by atoms with Crippen LogP contribution < -0.4 is 0 Å². The number of esters is 1. The molecule has 0 aliphatic rings. The van der Waals surface area contributed by atoms with Gasteiger partial charge in [0.15, 0.2) is 0 Å². The Morgan fingerprint density at radius 1 is 1.20 bits per heavy atom. The largest absolute Gasteiger partial charge is 0.455 e. The number of carbonyl (C=O) groups is 2. The van der Waals surface area contributed by atoms with Crippen LogP contribution in [0.3, 0.4) is 0 Å². The Morgan fingerprint density at radius 2 is 1.80 bits per heavy atom. The lowest BCUT2D eigenvalue weighted by Crippen LogP contribution is -2.27. The van der Waals surface area contributed by atoms with Crippen molar-refractivity contribution in [1.82, 2.24) is 4.57 Å². The first-order valence-electron chi connectivity index (χ1n) is 6.25. The second-order valence-corrected chi connectivity index (χ2v) is 6.61. The van der Waals surface area contributed by atoms with Crippen molar-refractivity contribution in [2.24, 2.45) is 0 Å². The standard InChI is InChI=1S/C15H16INO3/c1-9(18)17-11-8-6-5-7-10(11)12(16)13(17)14(19)20-15(2,3)4/h5-8H,1-4H3. The molecule has 0 spiro atoms. The third kappa shape index (κ3) is 2.72. The summed E-state index contributed by atoms with van der Waals surface area (Å²) in [5, 5.41) is 0.879. The van der Waals surface area contributed by atoms with Crippen LogP contribution >= 0.6 is 22.6 Å². The van der Waals surface area contributed by atoms with Gasteiger partial charge in [-0.2, -0.15) is 0 Å². The van der Waals surface area contributed by atoms with Gasteiger partial charge in [-0.25, -0.2) is 4.79 Å². The lowest BCUT2D eigenvalue weighted by Gasteiger charge is -2.20. The zero-order valence-corrected chi connectivity index (χ0v) is 14.0. The molecule has 0 amide bonds. The van der Waals surface area contributed by atoms with Gasteiger partial charge in [-0.3, -0.25) is 9.36 Å². The summed E-state index contributed by atoms with van der Waals surface area (Å²) in [4.78, 5) is 24.3. The summed E-state index contributed by atoms with van der Waals surface area (Å²) < 4.78 is 7.57. The van der Waals surface area contributed by atoms with Crippen LogP contribution in [0.1, 0.15) is 43.0 Å². The average Bonchev–Trinajstić information content (AvgIpc) is 2.61. The van der Waals surface area contributed by atoms with Crippen LogP contribution in [-0.2, 0) is 4.74 Å². The maximum Gasteiger partial charge on any atom is 0.357 e. The quantitative estimate of drug-likeness (QED) is 0.553. The van der Waals surface area contributed by atoms with Crippen LogP contribution in [0.5, 0.6) is 0 Å². The minimum Gasteiger partial charge on any atom is -0.455 e. The molecule has 106 valence electrons. The Kier molecular flexibility index (Phi) is 3.90. The van der Waals surface area contributed by atoms with E-state index in [4.69, 9.17) is 4.74 Å². The molecule has 5 heteroatoms. The highest BCUT2D eigenvalue weighted by Crippen LogP contribution is 2.29. The van der Waals surface area contributed by atoms with Gasteiger partial charge in [0.1, 0.15) is 11.3 Å². The summed E-state index contributed by atoms with van der Waals surface area (Å²) in [6, 6.07) is 7.45. The van der Waals surface area contributed by atoms with Crippen molar-refractivity contribution in [2.75, 3.05) is 0 Å². The normalized spacial score (nSPS) is 11.7. The van der Waals surface area contributed by atoms with Gasteiger partial charge < -0.3 is 4.74 Å². The summed E-state index contributed by atoms with van der Waals surface area (Å²) in [5.41, 5.74) is 0.428. The Bertz CT molecular complexity index is 695. The highest BCUT2D eigenvalue weighted by molar-refractivity contribution is 14.1. The summed E-state index contributed by atoms with van der Waals surface area (Å²) in [6.07, 6.45) is 0. The first-order valence-corrected chi connectivity index (χ1v) is 7.33. The maximum absolute atomic E-state index is 12.4. The molecule has 0 N–H and O–H groups in total. The molecule has 0 radical (unpaired) electrons. The van der Waals surface area contributed by atoms with Gasteiger partial charge in [-0.15, -0.1) is 0 Å². The van der Waals surface area contributed by atoms with Crippen molar-refractivity contribution in [1.29, 1.82) is 0 Å². The topological polar surface area (TPSA) is 48.3 Å². The van der Waals surface area contributed by atoms with E-state index in [2.05, 4.69) is 22.6 Å². The molecule has 2 aromatic rings. The van der Waals surface area contributed by atoms with Gasteiger partial charge in [0.25, 0.3) is 0 Å². The zero-order chi connectivity index (χ0) is 15.1. The number of rotatable bonds is 1. The number of benzene rings is 1. The molecule has 0 saturated heterocycles. The fraction of sp³-hybridized carbons (Fsp3) is 0.333. The fourth-order valence-electron chi connectivity index (χ4n) is 2.03. The zero-order valence-electron chi connectivity index (χ0n) is 11.9. The van der Waals surface area contributed by atoms with Gasteiger partial charge in [0.2, 0.25) is 5.91 Å². The van der Waals surface area contributed by atoms with E-state index in [9.17, 15) is 9.59 Å². The van der Waals surface area contributed by atoms with Crippen LogP contribution in [0.25, 0.3) is 10.9 Å². The fourth-order valence-corrected chi connectivity index (χ4v) is 2.95. The van der Waals surface area contributed by atoms with Crippen LogP contribution in [-0.4, -0.2) is 22.0 Å². The van der Waals surface area contributed by atoms with Crippen LogP contribution in [0, 0.1) is 3.57 Å². The van der Waals surface area contributed by atoms with E-state index in [1.54, 1.807) is 20.8 Å². The summed E-state index contributed by atoms with van der Waals surface area (Å²) in [6.45, 7) is 6.85. The smallest absolute Gasteiger partial charge is 0.357 e. The van der Waals surface area contributed by atoms with Gasteiger partial charge in [-0.1, -0.05) is 18.2 Å². The predicted molar refractivity (Wildman–Crippen MR) is 86.1 cm³/mol. The summed E-state index contributed by atoms with van der Waals surface area (Å²) in [7, 11) is 0. The Labute approximate surface area is 131 Å². The predicted octanol–water partition coefficient (Wildman–Crippen LogP) is 3.86. The van der Waals surface area contributed by atoms with E-state index in [0.29, 0.717) is 5.69 Å². The van der Waals surface area contributed by atoms with Crippen molar-refractivity contribution in [3.8, 4) is 0 Å². The first kappa shape index (κ1) is 15.0. The van der Waals surface area contributed by atoms with Gasteiger partial charge in [0, 0.05) is 12.3 Å². The maximum atomic E-state index is 12.4. The molecule has 0 saturated carbocycles. The van der Waals surface area contributed by atoms with Crippen molar-refractivity contribution >= 4 is 45.4 Å². The monoisotopic (exact) mass is 385 g/mol. The van der Waals surface area contributed by atoms with Crippen molar-refractivity contribution < 1.29 is 14.3 Å². The second kappa shape index (κ2) is 5.20. The summed E-state index contributed by atoms with van der Waals surface area (Å²) >= 11 is 2.09. The molecular weight excluding hydrogens is 369 g/mol. The van der Waals surface area contributed by atoms with E-state index in [1.807, 2.05) is 24.3 Å². The number of fused-ring (bicyclic) bond motifs is 1. The SMILES string of the molecule is CC(=O)n1c(C(=O)OC(C)(C)C)c(I)c2ccccc21. The molecule has 0 atom stereocenters. The van der Waals surface area contributed by atoms with E-state index in [1.165, 1.54) is 11.5 Å². The summed E-state index contributed by atoms with van der Waals surface area (Å²) in [5.74, 6) is -0.682. The molecule has 20 heavy (non-hydrogen) atoms. The molecule has 1 aromatic carbocycles. The third-order valence-electron chi connectivity index (χ3n) is 2.72. The van der Waals surface area contributed by atoms with E-state index < -0.39 is 11.6 Å². The van der Waals surface area contributed by atoms with E-state index in [-0.39, 0.29) is 5.91 Å². The molecule has 1 aromatic heterocycles. The molecule has 1 heterocycles. The molecule has 0 aliphatic carbocycles. The Balaban J connectivity index is 2.69. The molecule has 4 nitrogen and oxygen atoms in total. The average molecular weight is 385 g/mol. The molecule has 2 rings (SSSR count). The number of hydrogen-bond donors (Lipinski definition) is 0. The molecule has 0 aliphatic heterocycles. The van der Waals surface area contributed by atoms with E-state index in [0.717, 1.165) is 14.5 Å². The highest BCUT2D eigenvalue weighted by atomic mass is 127. The van der Waals surface area contributed by atoms with Crippen LogP contribution in [0.15, 0.2) is 24.3 Å². The third-order valence-corrected chi connectivity index (χ3v) is 3.81. The van der Waals surface area contributed by atoms with Gasteiger partial charge in [0.05, 0.1) is 9.09 Å². The molecule has 0 fully saturated rings. The second-order valence-electron chi connectivity index (χ2n) is 5.54.